The number of aryl methyl sites for hydroxylation is 1. The lowest BCUT2D eigenvalue weighted by Crippen LogP contribution is -2.30. The van der Waals surface area contributed by atoms with E-state index in [-0.39, 0.29) is 18.0 Å². The Balaban J connectivity index is 2.32. The van der Waals surface area contributed by atoms with Crippen molar-refractivity contribution in [2.45, 2.75) is 65.6 Å². The van der Waals surface area contributed by atoms with Crippen LogP contribution in [0, 0.1) is 24.5 Å². The molecule has 0 fully saturated rings. The van der Waals surface area contributed by atoms with Crippen molar-refractivity contribution in [1.29, 1.82) is 0 Å². The third-order valence-corrected chi connectivity index (χ3v) is 5.14. The molecule has 2 rings (SSSR count). The zero-order valence-electron chi connectivity index (χ0n) is 20.2. The van der Waals surface area contributed by atoms with Crippen LogP contribution in [0.3, 0.4) is 0 Å². The molecule has 2 aromatic carbocycles. The summed E-state index contributed by atoms with van der Waals surface area (Å²) in [6.07, 6.45) is -0.842. The molecular weight excluding hydrogens is 430 g/mol. The molecule has 0 amide bonds. The largest absolute Gasteiger partial charge is 0.496 e. The van der Waals surface area contributed by atoms with Crippen LogP contribution < -0.4 is 4.74 Å². The fraction of sp³-hybridized carbons (Fsp3) is 0.462. The predicted molar refractivity (Wildman–Crippen MR) is 121 cm³/mol. The molecule has 2 aromatic rings. The second-order valence-corrected chi connectivity index (χ2v) is 9.21. The zero-order chi connectivity index (χ0) is 24.9. The van der Waals surface area contributed by atoms with E-state index in [0.29, 0.717) is 16.7 Å². The number of carbonyl (C=O) groups is 2. The van der Waals surface area contributed by atoms with Crippen molar-refractivity contribution in [2.75, 3.05) is 7.11 Å². The summed E-state index contributed by atoms with van der Waals surface area (Å²) in [5.41, 5.74) is 1.04. The summed E-state index contributed by atoms with van der Waals surface area (Å²) < 4.78 is 44.1. The highest BCUT2D eigenvalue weighted by Gasteiger charge is 2.31. The SMILES string of the molecule is COc1cc(F)ccc1[C@@H](c1ccc(F)c(C)c1)[C@H](C)OC(=O)[C@H](C)CC(=O)OC(C)(C)C. The zero-order valence-corrected chi connectivity index (χ0v) is 20.2. The highest BCUT2D eigenvalue weighted by atomic mass is 19.1. The third-order valence-electron chi connectivity index (χ3n) is 5.14. The molecule has 0 aliphatic heterocycles. The molecule has 5 nitrogen and oxygen atoms in total. The minimum Gasteiger partial charge on any atom is -0.496 e. The van der Waals surface area contributed by atoms with Crippen LogP contribution in [-0.4, -0.2) is 30.8 Å². The van der Waals surface area contributed by atoms with E-state index in [1.807, 2.05) is 0 Å². The van der Waals surface area contributed by atoms with Crippen LogP contribution in [0.2, 0.25) is 0 Å². The summed E-state index contributed by atoms with van der Waals surface area (Å²) in [7, 11) is 1.42. The van der Waals surface area contributed by atoms with Gasteiger partial charge < -0.3 is 14.2 Å². The van der Waals surface area contributed by atoms with E-state index in [2.05, 4.69) is 0 Å². The van der Waals surface area contributed by atoms with Gasteiger partial charge in [-0.25, -0.2) is 8.78 Å². The first-order valence-electron chi connectivity index (χ1n) is 10.8. The molecule has 0 N–H and O–H groups in total. The number of benzene rings is 2. The molecule has 0 saturated heterocycles. The number of ether oxygens (including phenoxy) is 3. The average molecular weight is 463 g/mol. The molecule has 180 valence electrons. The number of methoxy groups -OCH3 is 1. The van der Waals surface area contributed by atoms with Crippen molar-refractivity contribution < 1.29 is 32.6 Å². The Kier molecular flexibility index (Phi) is 8.58. The van der Waals surface area contributed by atoms with Crippen LogP contribution in [0.1, 0.15) is 63.6 Å². The van der Waals surface area contributed by atoms with Gasteiger partial charge in [-0.15, -0.1) is 0 Å². The van der Waals surface area contributed by atoms with Gasteiger partial charge in [0.15, 0.2) is 0 Å². The van der Waals surface area contributed by atoms with E-state index in [1.165, 1.54) is 25.3 Å². The fourth-order valence-electron chi connectivity index (χ4n) is 3.59. The van der Waals surface area contributed by atoms with Gasteiger partial charge in [-0.3, -0.25) is 9.59 Å². The first kappa shape index (κ1) is 26.3. The summed E-state index contributed by atoms with van der Waals surface area (Å²) in [4.78, 5) is 24.9. The predicted octanol–water partition coefficient (Wildman–Crippen LogP) is 5.71. The Morgan fingerprint density at radius 1 is 1.03 bits per heavy atom. The molecule has 0 saturated carbocycles. The summed E-state index contributed by atoms with van der Waals surface area (Å²) in [6, 6.07) is 8.71. The molecule has 33 heavy (non-hydrogen) atoms. The molecule has 0 spiro atoms. The van der Waals surface area contributed by atoms with Crippen molar-refractivity contribution in [3.63, 3.8) is 0 Å². The van der Waals surface area contributed by atoms with Crippen LogP contribution in [-0.2, 0) is 19.1 Å². The fourth-order valence-corrected chi connectivity index (χ4v) is 3.59. The van der Waals surface area contributed by atoms with Gasteiger partial charge in [-0.05, 0) is 57.9 Å². The van der Waals surface area contributed by atoms with Crippen LogP contribution in [0.5, 0.6) is 5.75 Å². The van der Waals surface area contributed by atoms with Crippen molar-refractivity contribution in [3.8, 4) is 5.75 Å². The van der Waals surface area contributed by atoms with Crippen LogP contribution in [0.25, 0.3) is 0 Å². The Morgan fingerprint density at radius 3 is 2.27 bits per heavy atom. The molecule has 0 aliphatic rings. The van der Waals surface area contributed by atoms with Gasteiger partial charge in [0.1, 0.15) is 29.1 Å². The molecule has 0 bridgehead atoms. The normalized spacial score (nSPS) is 14.2. The second kappa shape index (κ2) is 10.8. The number of hydrogen-bond donors (Lipinski definition) is 0. The van der Waals surface area contributed by atoms with Gasteiger partial charge in [0.05, 0.1) is 19.4 Å². The van der Waals surface area contributed by atoms with E-state index in [9.17, 15) is 18.4 Å². The Labute approximate surface area is 194 Å². The number of hydrogen-bond acceptors (Lipinski definition) is 5. The lowest BCUT2D eigenvalue weighted by atomic mass is 9.85. The molecule has 0 unspecified atom stereocenters. The highest BCUT2D eigenvalue weighted by molar-refractivity contribution is 5.80. The molecule has 0 aliphatic carbocycles. The maximum atomic E-state index is 13.9. The first-order valence-corrected chi connectivity index (χ1v) is 10.8. The average Bonchev–Trinajstić information content (AvgIpc) is 2.70. The lowest BCUT2D eigenvalue weighted by molar-refractivity contribution is -0.163. The minimum absolute atomic E-state index is 0.122. The second-order valence-electron chi connectivity index (χ2n) is 9.21. The van der Waals surface area contributed by atoms with E-state index in [0.717, 1.165) is 0 Å². The Morgan fingerprint density at radius 2 is 1.70 bits per heavy atom. The quantitative estimate of drug-likeness (QED) is 0.470. The molecule has 0 heterocycles. The van der Waals surface area contributed by atoms with Crippen molar-refractivity contribution >= 4 is 11.9 Å². The van der Waals surface area contributed by atoms with Crippen molar-refractivity contribution in [3.05, 3.63) is 64.7 Å². The van der Waals surface area contributed by atoms with Gasteiger partial charge >= 0.3 is 11.9 Å². The van der Waals surface area contributed by atoms with Crippen molar-refractivity contribution in [1.82, 2.24) is 0 Å². The Bertz CT molecular complexity index is 997. The third kappa shape index (κ3) is 7.27. The smallest absolute Gasteiger partial charge is 0.309 e. The van der Waals surface area contributed by atoms with E-state index < -0.39 is 41.3 Å². The van der Waals surface area contributed by atoms with Crippen LogP contribution in [0.4, 0.5) is 8.78 Å². The van der Waals surface area contributed by atoms with E-state index in [4.69, 9.17) is 14.2 Å². The van der Waals surface area contributed by atoms with Gasteiger partial charge in [-0.1, -0.05) is 25.1 Å². The lowest BCUT2D eigenvalue weighted by Gasteiger charge is -2.28. The number of rotatable bonds is 8. The van der Waals surface area contributed by atoms with Gasteiger partial charge in [0, 0.05) is 17.5 Å². The number of esters is 2. The van der Waals surface area contributed by atoms with Gasteiger partial charge in [-0.2, -0.15) is 0 Å². The molecule has 3 atom stereocenters. The number of carbonyl (C=O) groups excluding carboxylic acids is 2. The van der Waals surface area contributed by atoms with Crippen LogP contribution >= 0.6 is 0 Å². The summed E-state index contributed by atoms with van der Waals surface area (Å²) in [6.45, 7) is 10.2. The maximum Gasteiger partial charge on any atom is 0.309 e. The van der Waals surface area contributed by atoms with Crippen molar-refractivity contribution in [2.24, 2.45) is 5.92 Å². The van der Waals surface area contributed by atoms with Crippen LogP contribution in [0.15, 0.2) is 36.4 Å². The number of halogens is 2. The highest BCUT2D eigenvalue weighted by Crippen LogP contribution is 2.37. The molecule has 0 aromatic heterocycles. The maximum absolute atomic E-state index is 13.9. The standard InChI is InChI=1S/C26H32F2O5/c1-15-12-18(8-11-21(15)28)24(20-10-9-19(27)14-22(20)31-7)17(3)32-25(30)16(2)13-23(29)33-26(4,5)6/h8-12,14,16-17,24H,13H2,1-7H3/t16-,17+,24-/m1/s1. The monoisotopic (exact) mass is 462 g/mol. The minimum atomic E-state index is -0.729. The van der Waals surface area contributed by atoms with E-state index >= 15 is 0 Å². The first-order chi connectivity index (χ1) is 15.3. The Hall–Kier alpha value is -2.96. The topological polar surface area (TPSA) is 61.8 Å². The summed E-state index contributed by atoms with van der Waals surface area (Å²) in [5.74, 6) is -2.90. The van der Waals surface area contributed by atoms with Gasteiger partial charge in [0.25, 0.3) is 0 Å². The summed E-state index contributed by atoms with van der Waals surface area (Å²) >= 11 is 0. The van der Waals surface area contributed by atoms with Gasteiger partial charge in [0.2, 0.25) is 0 Å². The molecule has 0 radical (unpaired) electrons. The summed E-state index contributed by atoms with van der Waals surface area (Å²) in [5, 5.41) is 0. The molecular formula is C26H32F2O5. The molecule has 7 heteroatoms. The van der Waals surface area contributed by atoms with E-state index in [1.54, 1.807) is 59.7 Å².